The summed E-state index contributed by atoms with van der Waals surface area (Å²) in [4.78, 5) is 5.05. The molecule has 4 nitrogen and oxygen atoms in total. The molecule has 19 heavy (non-hydrogen) atoms. The molecule has 0 spiro atoms. The molecule has 2 rings (SSSR count). The van der Waals surface area contributed by atoms with Crippen molar-refractivity contribution in [1.82, 2.24) is 15.1 Å². The highest BCUT2D eigenvalue weighted by Gasteiger charge is 2.30. The molecule has 112 valence electrons. The van der Waals surface area contributed by atoms with Crippen LogP contribution >= 0.6 is 0 Å². The van der Waals surface area contributed by atoms with E-state index in [1.165, 1.54) is 51.9 Å². The Morgan fingerprint density at radius 1 is 1.05 bits per heavy atom. The van der Waals surface area contributed by atoms with Crippen molar-refractivity contribution in [3.63, 3.8) is 0 Å². The van der Waals surface area contributed by atoms with E-state index >= 15 is 0 Å². The molecule has 2 aliphatic rings. The van der Waals surface area contributed by atoms with Crippen LogP contribution in [0.3, 0.4) is 0 Å². The summed E-state index contributed by atoms with van der Waals surface area (Å²) in [5.74, 6) is 0. The van der Waals surface area contributed by atoms with Crippen LogP contribution in [0.1, 0.15) is 39.5 Å². The summed E-state index contributed by atoms with van der Waals surface area (Å²) in [5, 5.41) is 3.78. The molecule has 1 aliphatic carbocycles. The van der Waals surface area contributed by atoms with E-state index in [2.05, 4.69) is 36.0 Å². The van der Waals surface area contributed by atoms with Gasteiger partial charge < -0.3 is 16.0 Å². The minimum Gasteiger partial charge on any atom is -0.328 e. The van der Waals surface area contributed by atoms with Gasteiger partial charge in [0, 0.05) is 50.3 Å². The highest BCUT2D eigenvalue weighted by molar-refractivity contribution is 4.89. The quantitative estimate of drug-likeness (QED) is 0.794. The number of likely N-dealkylation sites (N-methyl/N-ethyl adjacent to an activating group) is 1. The molecule has 0 amide bonds. The van der Waals surface area contributed by atoms with E-state index in [1.807, 2.05) is 0 Å². The van der Waals surface area contributed by atoms with Crippen LogP contribution in [0.25, 0.3) is 0 Å². The predicted molar refractivity (Wildman–Crippen MR) is 81.4 cm³/mol. The summed E-state index contributed by atoms with van der Waals surface area (Å²) in [5.41, 5.74) is 6.23. The van der Waals surface area contributed by atoms with E-state index in [4.69, 9.17) is 5.73 Å². The second-order valence-corrected chi connectivity index (χ2v) is 7.10. The number of piperazine rings is 1. The van der Waals surface area contributed by atoms with Crippen molar-refractivity contribution >= 4 is 0 Å². The summed E-state index contributed by atoms with van der Waals surface area (Å²) in [7, 11) is 2.22. The van der Waals surface area contributed by atoms with Gasteiger partial charge in [-0.2, -0.15) is 0 Å². The Bertz CT molecular complexity index is 263. The zero-order valence-electron chi connectivity index (χ0n) is 13.0. The molecular weight excluding hydrogens is 236 g/mol. The van der Waals surface area contributed by atoms with E-state index in [0.717, 1.165) is 6.54 Å². The molecule has 3 N–H and O–H groups in total. The van der Waals surface area contributed by atoms with E-state index < -0.39 is 0 Å². The number of nitrogens with one attached hydrogen (secondary N) is 1. The minimum absolute atomic E-state index is 0.265. The first kappa shape index (κ1) is 15.2. The van der Waals surface area contributed by atoms with Crippen molar-refractivity contribution in [3.8, 4) is 0 Å². The van der Waals surface area contributed by atoms with Gasteiger partial charge in [0.15, 0.2) is 0 Å². The first-order valence-electron chi connectivity index (χ1n) is 7.90. The number of nitrogens with two attached hydrogens (primary N) is 1. The minimum atomic E-state index is 0.265. The third-order valence-corrected chi connectivity index (χ3v) is 4.95. The maximum atomic E-state index is 5.97. The lowest BCUT2D eigenvalue weighted by atomic mass is 9.91. The van der Waals surface area contributed by atoms with E-state index in [1.54, 1.807) is 0 Å². The van der Waals surface area contributed by atoms with Crippen molar-refractivity contribution in [2.45, 2.75) is 57.2 Å². The Kier molecular flexibility index (Phi) is 5.23. The average Bonchev–Trinajstić information content (AvgIpc) is 2.39. The first-order valence-corrected chi connectivity index (χ1v) is 7.90. The molecule has 0 aromatic heterocycles. The molecule has 4 heteroatoms. The number of nitrogens with zero attached hydrogens (tertiary/aromatic N) is 2. The summed E-state index contributed by atoms with van der Waals surface area (Å²) in [6, 6.07) is 1.13. The molecule has 0 unspecified atom stereocenters. The fourth-order valence-electron chi connectivity index (χ4n) is 3.24. The monoisotopic (exact) mass is 268 g/mol. The van der Waals surface area contributed by atoms with Gasteiger partial charge in [0.2, 0.25) is 0 Å². The molecule has 0 aromatic rings. The van der Waals surface area contributed by atoms with Crippen molar-refractivity contribution in [2.24, 2.45) is 5.73 Å². The molecule has 1 aliphatic heterocycles. The van der Waals surface area contributed by atoms with Crippen LogP contribution in [0.4, 0.5) is 0 Å². The van der Waals surface area contributed by atoms with Crippen LogP contribution < -0.4 is 11.1 Å². The van der Waals surface area contributed by atoms with Crippen LogP contribution in [-0.4, -0.2) is 67.2 Å². The highest BCUT2D eigenvalue weighted by atomic mass is 15.3. The van der Waals surface area contributed by atoms with Gasteiger partial charge in [-0.05, 0) is 46.6 Å². The smallest absolute Gasteiger partial charge is 0.0278 e. The summed E-state index contributed by atoms with van der Waals surface area (Å²) >= 11 is 0. The largest absolute Gasteiger partial charge is 0.328 e. The zero-order valence-corrected chi connectivity index (χ0v) is 13.0. The molecular formula is C15H32N4. The zero-order chi connectivity index (χ0) is 13.9. The van der Waals surface area contributed by atoms with Gasteiger partial charge in [-0.1, -0.05) is 0 Å². The Balaban J connectivity index is 1.74. The van der Waals surface area contributed by atoms with Gasteiger partial charge in [-0.3, -0.25) is 4.90 Å². The van der Waals surface area contributed by atoms with Gasteiger partial charge in [-0.25, -0.2) is 0 Å². The van der Waals surface area contributed by atoms with Crippen molar-refractivity contribution in [1.29, 1.82) is 0 Å². The van der Waals surface area contributed by atoms with Crippen molar-refractivity contribution in [2.75, 3.05) is 39.8 Å². The summed E-state index contributed by atoms with van der Waals surface area (Å²) < 4.78 is 0. The van der Waals surface area contributed by atoms with Gasteiger partial charge in [0.05, 0.1) is 0 Å². The first-order chi connectivity index (χ1) is 8.97. The summed E-state index contributed by atoms with van der Waals surface area (Å²) in [6.45, 7) is 10.6. The molecule has 0 bridgehead atoms. The fourth-order valence-corrected chi connectivity index (χ4v) is 3.24. The van der Waals surface area contributed by atoms with Crippen LogP contribution in [0.15, 0.2) is 0 Å². The van der Waals surface area contributed by atoms with Crippen molar-refractivity contribution in [3.05, 3.63) is 0 Å². The normalized spacial score (nSPS) is 31.6. The Hall–Kier alpha value is -0.160. The molecule has 2 fully saturated rings. The van der Waals surface area contributed by atoms with Crippen LogP contribution in [0, 0.1) is 0 Å². The summed E-state index contributed by atoms with van der Waals surface area (Å²) in [6.07, 6.45) is 4.87. The van der Waals surface area contributed by atoms with E-state index in [-0.39, 0.29) is 5.54 Å². The van der Waals surface area contributed by atoms with Crippen LogP contribution in [-0.2, 0) is 0 Å². The lowest BCUT2D eigenvalue weighted by molar-refractivity contribution is 0.0590. The second kappa shape index (κ2) is 6.53. The lowest BCUT2D eigenvalue weighted by Gasteiger charge is -2.44. The number of hydrogen-bond donors (Lipinski definition) is 2. The molecule has 0 radical (unpaired) electrons. The predicted octanol–water partition coefficient (Wildman–Crippen LogP) is 0.872. The molecule has 1 saturated carbocycles. The molecule has 0 atom stereocenters. The topological polar surface area (TPSA) is 44.5 Å². The Morgan fingerprint density at radius 2 is 1.63 bits per heavy atom. The van der Waals surface area contributed by atoms with Gasteiger partial charge in [0.1, 0.15) is 0 Å². The third kappa shape index (κ3) is 4.42. The van der Waals surface area contributed by atoms with Crippen molar-refractivity contribution < 1.29 is 0 Å². The third-order valence-electron chi connectivity index (χ3n) is 4.95. The van der Waals surface area contributed by atoms with Crippen LogP contribution in [0.2, 0.25) is 0 Å². The van der Waals surface area contributed by atoms with E-state index in [9.17, 15) is 0 Å². The van der Waals surface area contributed by atoms with E-state index in [0.29, 0.717) is 12.1 Å². The number of rotatable bonds is 4. The fraction of sp³-hybridized carbons (Fsp3) is 1.00. The maximum absolute atomic E-state index is 5.97. The van der Waals surface area contributed by atoms with Gasteiger partial charge >= 0.3 is 0 Å². The molecule has 1 saturated heterocycles. The van der Waals surface area contributed by atoms with Crippen LogP contribution in [0.5, 0.6) is 0 Å². The van der Waals surface area contributed by atoms with Gasteiger partial charge in [-0.15, -0.1) is 0 Å². The average molecular weight is 268 g/mol. The highest BCUT2D eigenvalue weighted by Crippen LogP contribution is 2.20. The Morgan fingerprint density at radius 3 is 2.21 bits per heavy atom. The van der Waals surface area contributed by atoms with Gasteiger partial charge in [0.25, 0.3) is 0 Å². The molecule has 0 aromatic carbocycles. The lowest BCUT2D eigenvalue weighted by Crippen LogP contribution is -2.58. The number of hydrogen-bond acceptors (Lipinski definition) is 4. The Labute approximate surface area is 118 Å². The molecule has 1 heterocycles. The SMILES string of the molecule is CN1CCN(C(C)(C)CNC2CCC(N)CC2)CC1. The standard InChI is InChI=1S/C15H32N4/c1-15(2,19-10-8-18(3)9-11-19)12-17-14-6-4-13(16)5-7-14/h13-14,17H,4-12,16H2,1-3H3. The second-order valence-electron chi connectivity index (χ2n) is 7.10. The maximum Gasteiger partial charge on any atom is 0.0278 e.